The van der Waals surface area contributed by atoms with Gasteiger partial charge in [-0.3, -0.25) is 4.79 Å². The molecule has 1 aliphatic heterocycles. The fourth-order valence-electron chi connectivity index (χ4n) is 2.20. The first-order valence-corrected chi connectivity index (χ1v) is 6.73. The van der Waals surface area contributed by atoms with Crippen LogP contribution in [0.15, 0.2) is 0 Å². The molecule has 0 bridgehead atoms. The summed E-state index contributed by atoms with van der Waals surface area (Å²) in [6.07, 6.45) is 3.60. The Morgan fingerprint density at radius 2 is 1.84 bits per heavy atom. The number of carbonyl (C=O) groups excluding carboxylic acids is 1. The van der Waals surface area contributed by atoms with Crippen LogP contribution in [-0.4, -0.2) is 42.5 Å². The number of amides is 1. The highest BCUT2D eigenvalue weighted by Gasteiger charge is 2.24. The number of nitrogens with one attached hydrogen (secondary N) is 1. The number of nitrogens with two attached hydrogens (primary N) is 1. The molecule has 1 fully saturated rings. The molecule has 116 valence electrons. The van der Waals surface area contributed by atoms with Gasteiger partial charge in [-0.1, -0.05) is 6.92 Å². The van der Waals surface area contributed by atoms with Crippen molar-refractivity contribution in [3.05, 3.63) is 0 Å². The molecule has 0 spiro atoms. The highest BCUT2D eigenvalue weighted by molar-refractivity contribution is 5.85. The van der Waals surface area contributed by atoms with Crippen molar-refractivity contribution < 1.29 is 4.79 Å². The van der Waals surface area contributed by atoms with Crippen LogP contribution in [0.3, 0.4) is 0 Å². The Labute approximate surface area is 129 Å². The van der Waals surface area contributed by atoms with E-state index in [0.29, 0.717) is 5.92 Å². The first-order chi connectivity index (χ1) is 7.93. The van der Waals surface area contributed by atoms with E-state index in [9.17, 15) is 4.79 Å². The Kier molecular flexibility index (Phi) is 11.0. The highest BCUT2D eigenvalue weighted by atomic mass is 35.5. The number of halogens is 2. The van der Waals surface area contributed by atoms with E-state index < -0.39 is 5.54 Å². The summed E-state index contributed by atoms with van der Waals surface area (Å²) in [5.74, 6) is 0.572. The summed E-state index contributed by atoms with van der Waals surface area (Å²) in [7, 11) is 0. The van der Waals surface area contributed by atoms with Gasteiger partial charge in [0.15, 0.2) is 0 Å². The van der Waals surface area contributed by atoms with E-state index in [1.807, 2.05) is 0 Å². The average Bonchev–Trinajstić information content (AvgIpc) is 2.27. The second-order valence-electron chi connectivity index (χ2n) is 5.72. The van der Waals surface area contributed by atoms with Crippen LogP contribution in [0.2, 0.25) is 0 Å². The van der Waals surface area contributed by atoms with Crippen molar-refractivity contribution in [3.63, 3.8) is 0 Å². The molecule has 0 radical (unpaired) electrons. The van der Waals surface area contributed by atoms with Crippen molar-refractivity contribution in [1.29, 1.82) is 0 Å². The van der Waals surface area contributed by atoms with Gasteiger partial charge in [0.05, 0.1) is 5.54 Å². The van der Waals surface area contributed by atoms with E-state index in [4.69, 9.17) is 5.73 Å². The van der Waals surface area contributed by atoms with Crippen LogP contribution in [-0.2, 0) is 4.79 Å². The minimum absolute atomic E-state index is 0. The molecule has 0 aromatic rings. The predicted octanol–water partition coefficient (Wildman–Crippen LogP) is 1.81. The van der Waals surface area contributed by atoms with Crippen LogP contribution in [0.25, 0.3) is 0 Å². The van der Waals surface area contributed by atoms with Crippen molar-refractivity contribution >= 4 is 30.7 Å². The molecule has 1 amide bonds. The number of likely N-dealkylation sites (tertiary alicyclic amines) is 1. The van der Waals surface area contributed by atoms with Crippen LogP contribution < -0.4 is 11.1 Å². The summed E-state index contributed by atoms with van der Waals surface area (Å²) in [5.41, 5.74) is 4.97. The predicted molar refractivity (Wildman–Crippen MR) is 85.2 cm³/mol. The number of piperidine rings is 1. The van der Waals surface area contributed by atoms with Gasteiger partial charge < -0.3 is 16.0 Å². The van der Waals surface area contributed by atoms with Gasteiger partial charge in [-0.15, -0.1) is 24.8 Å². The molecule has 3 N–H and O–H groups in total. The molecule has 19 heavy (non-hydrogen) atoms. The monoisotopic (exact) mass is 313 g/mol. The van der Waals surface area contributed by atoms with E-state index in [2.05, 4.69) is 17.1 Å². The second-order valence-corrected chi connectivity index (χ2v) is 5.72. The first kappa shape index (κ1) is 21.3. The maximum absolute atomic E-state index is 11.6. The first-order valence-electron chi connectivity index (χ1n) is 6.73. The molecule has 0 aromatic heterocycles. The number of hydrogen-bond donors (Lipinski definition) is 2. The third-order valence-corrected chi connectivity index (χ3v) is 3.38. The summed E-state index contributed by atoms with van der Waals surface area (Å²) in [4.78, 5) is 14.1. The van der Waals surface area contributed by atoms with E-state index in [-0.39, 0.29) is 30.7 Å². The molecule has 0 aromatic carbocycles. The minimum atomic E-state index is -0.761. The molecular formula is C13H29Cl2N3O. The largest absolute Gasteiger partial charge is 0.354 e. The van der Waals surface area contributed by atoms with E-state index in [1.54, 1.807) is 13.8 Å². The molecule has 1 heterocycles. The average molecular weight is 314 g/mol. The van der Waals surface area contributed by atoms with Gasteiger partial charge in [-0.2, -0.15) is 0 Å². The second kappa shape index (κ2) is 9.81. The van der Waals surface area contributed by atoms with Crippen molar-refractivity contribution in [1.82, 2.24) is 10.2 Å². The minimum Gasteiger partial charge on any atom is -0.354 e. The highest BCUT2D eigenvalue weighted by Crippen LogP contribution is 2.16. The molecule has 1 rings (SSSR count). The maximum atomic E-state index is 11.6. The van der Waals surface area contributed by atoms with E-state index in [0.717, 1.165) is 6.54 Å². The maximum Gasteiger partial charge on any atom is 0.239 e. The molecule has 6 heteroatoms. The zero-order chi connectivity index (χ0) is 12.9. The zero-order valence-electron chi connectivity index (χ0n) is 12.3. The van der Waals surface area contributed by atoms with Gasteiger partial charge in [-0.25, -0.2) is 0 Å². The Balaban J connectivity index is 0. The summed E-state index contributed by atoms with van der Waals surface area (Å²) < 4.78 is 0. The van der Waals surface area contributed by atoms with Gasteiger partial charge in [-0.05, 0) is 58.7 Å². The Morgan fingerprint density at radius 3 is 2.26 bits per heavy atom. The molecule has 4 nitrogen and oxygen atoms in total. The van der Waals surface area contributed by atoms with Gasteiger partial charge in [0.2, 0.25) is 5.91 Å². The molecule has 0 aliphatic carbocycles. The zero-order valence-corrected chi connectivity index (χ0v) is 13.9. The van der Waals surface area contributed by atoms with Crippen molar-refractivity contribution in [3.8, 4) is 0 Å². The van der Waals surface area contributed by atoms with Crippen LogP contribution in [0.5, 0.6) is 0 Å². The number of carbonyl (C=O) groups is 1. The quantitative estimate of drug-likeness (QED) is 0.813. The van der Waals surface area contributed by atoms with Gasteiger partial charge in [0.1, 0.15) is 0 Å². The molecular weight excluding hydrogens is 285 g/mol. The Morgan fingerprint density at radius 1 is 1.32 bits per heavy atom. The van der Waals surface area contributed by atoms with Crippen molar-refractivity contribution in [2.45, 2.75) is 45.6 Å². The summed E-state index contributed by atoms with van der Waals surface area (Å²) >= 11 is 0. The lowest BCUT2D eigenvalue weighted by Crippen LogP contribution is -2.50. The lowest BCUT2D eigenvalue weighted by Gasteiger charge is -2.32. The third-order valence-electron chi connectivity index (χ3n) is 3.38. The summed E-state index contributed by atoms with van der Waals surface area (Å²) in [5, 5.41) is 2.96. The van der Waals surface area contributed by atoms with Crippen LogP contribution in [0.4, 0.5) is 0 Å². The van der Waals surface area contributed by atoms with Crippen LogP contribution in [0, 0.1) is 5.92 Å². The fourth-order valence-corrected chi connectivity index (χ4v) is 2.20. The molecule has 0 unspecified atom stereocenters. The Hall–Kier alpha value is -0.0300. The van der Waals surface area contributed by atoms with Crippen LogP contribution in [0.1, 0.15) is 40.0 Å². The number of hydrogen-bond acceptors (Lipinski definition) is 3. The van der Waals surface area contributed by atoms with E-state index >= 15 is 0 Å². The SMILES string of the molecule is CCCN1CCC(CNC(=O)C(C)(C)N)CC1.Cl.Cl. The molecule has 1 aliphatic rings. The smallest absolute Gasteiger partial charge is 0.239 e. The molecule has 0 saturated carbocycles. The van der Waals surface area contributed by atoms with E-state index in [1.165, 1.54) is 38.9 Å². The number of rotatable bonds is 5. The molecule has 1 saturated heterocycles. The van der Waals surface area contributed by atoms with Crippen LogP contribution >= 0.6 is 24.8 Å². The molecule has 0 atom stereocenters. The fraction of sp³-hybridized carbons (Fsp3) is 0.923. The van der Waals surface area contributed by atoms with Gasteiger partial charge in [0.25, 0.3) is 0 Å². The van der Waals surface area contributed by atoms with Crippen molar-refractivity contribution in [2.75, 3.05) is 26.2 Å². The lowest BCUT2D eigenvalue weighted by atomic mass is 9.96. The summed E-state index contributed by atoms with van der Waals surface area (Å²) in [6.45, 7) is 10.0. The lowest BCUT2D eigenvalue weighted by molar-refractivity contribution is -0.125. The Bertz CT molecular complexity index is 249. The third kappa shape index (κ3) is 7.98. The van der Waals surface area contributed by atoms with Crippen molar-refractivity contribution in [2.24, 2.45) is 11.7 Å². The van der Waals surface area contributed by atoms with Gasteiger partial charge >= 0.3 is 0 Å². The normalized spacial score (nSPS) is 17.3. The number of nitrogens with zero attached hydrogens (tertiary/aromatic N) is 1. The summed E-state index contributed by atoms with van der Waals surface area (Å²) in [6, 6.07) is 0. The topological polar surface area (TPSA) is 58.4 Å². The van der Waals surface area contributed by atoms with Gasteiger partial charge in [0, 0.05) is 6.54 Å². The standard InChI is InChI=1S/C13H27N3O.2ClH/c1-4-7-16-8-5-11(6-9-16)10-15-12(17)13(2,3)14;;/h11H,4-10,14H2,1-3H3,(H,15,17);2*1H.